The summed E-state index contributed by atoms with van der Waals surface area (Å²) in [5, 5.41) is 0. The minimum Gasteiger partial charge on any atom is -0.494 e. The molecule has 0 aliphatic heterocycles. The van der Waals surface area contributed by atoms with Crippen LogP contribution in [0.3, 0.4) is 0 Å². The predicted molar refractivity (Wildman–Crippen MR) is 93.9 cm³/mol. The van der Waals surface area contributed by atoms with Gasteiger partial charge in [0.05, 0.1) is 13.7 Å². The molecule has 5 heteroatoms. The van der Waals surface area contributed by atoms with Crippen molar-refractivity contribution in [2.75, 3.05) is 27.6 Å². The van der Waals surface area contributed by atoms with E-state index in [1.54, 1.807) is 18.2 Å². The summed E-state index contributed by atoms with van der Waals surface area (Å²) in [5.74, 6) is 6.79. The first kappa shape index (κ1) is 18.4. The van der Waals surface area contributed by atoms with Gasteiger partial charge in [-0.2, -0.15) is 0 Å². The van der Waals surface area contributed by atoms with Crippen molar-refractivity contribution in [3.63, 3.8) is 0 Å². The number of carbonyl (C=O) groups excluding carboxylic acids is 1. The zero-order chi connectivity index (χ0) is 18.1. The number of rotatable bonds is 6. The Bertz CT molecular complexity index is 769. The topological polar surface area (TPSA) is 54.0 Å². The van der Waals surface area contributed by atoms with E-state index in [1.165, 1.54) is 14.2 Å². The minimum atomic E-state index is -0.490. The van der Waals surface area contributed by atoms with E-state index in [4.69, 9.17) is 18.9 Å². The second-order valence-corrected chi connectivity index (χ2v) is 4.96. The van der Waals surface area contributed by atoms with Crippen LogP contribution in [0.15, 0.2) is 42.5 Å². The average Bonchev–Trinajstić information content (AvgIpc) is 2.65. The highest BCUT2D eigenvalue weighted by atomic mass is 16.7. The van der Waals surface area contributed by atoms with Gasteiger partial charge in [0.1, 0.15) is 17.1 Å². The SMILES string of the molecule is CCOc1ccc(C#Cc2ccc(OCOC)c(C(=O)OC)c2)cc1. The van der Waals surface area contributed by atoms with Gasteiger partial charge in [0.2, 0.25) is 0 Å². The first-order valence-electron chi connectivity index (χ1n) is 7.77. The molecule has 0 radical (unpaired) electrons. The van der Waals surface area contributed by atoms with E-state index in [1.807, 2.05) is 31.2 Å². The molecule has 0 aromatic heterocycles. The molecule has 0 unspecified atom stereocenters. The highest BCUT2D eigenvalue weighted by Gasteiger charge is 2.13. The van der Waals surface area contributed by atoms with Crippen molar-refractivity contribution in [3.8, 4) is 23.3 Å². The second-order valence-electron chi connectivity index (χ2n) is 4.96. The van der Waals surface area contributed by atoms with Crippen LogP contribution in [0.4, 0.5) is 0 Å². The molecule has 2 rings (SSSR count). The lowest BCUT2D eigenvalue weighted by molar-refractivity contribution is 0.0465. The standard InChI is InChI=1S/C20H20O5/c1-4-24-17-10-7-15(8-11-17)5-6-16-9-12-19(25-14-22-2)18(13-16)20(21)23-3/h7-13H,4,14H2,1-3H3. The Hall–Kier alpha value is -2.97. The van der Waals surface area contributed by atoms with Gasteiger partial charge >= 0.3 is 5.97 Å². The van der Waals surface area contributed by atoms with Crippen molar-refractivity contribution >= 4 is 5.97 Å². The maximum atomic E-state index is 11.9. The van der Waals surface area contributed by atoms with E-state index in [2.05, 4.69) is 11.8 Å². The molecule has 25 heavy (non-hydrogen) atoms. The number of benzene rings is 2. The molecule has 0 N–H and O–H groups in total. The van der Waals surface area contributed by atoms with Crippen LogP contribution in [0.25, 0.3) is 0 Å². The highest BCUT2D eigenvalue weighted by Crippen LogP contribution is 2.21. The monoisotopic (exact) mass is 340 g/mol. The third kappa shape index (κ3) is 5.27. The number of ether oxygens (including phenoxy) is 4. The molecular formula is C20H20O5. The summed E-state index contributed by atoms with van der Waals surface area (Å²) in [7, 11) is 2.83. The number of esters is 1. The maximum Gasteiger partial charge on any atom is 0.341 e. The Balaban J connectivity index is 2.23. The lowest BCUT2D eigenvalue weighted by Gasteiger charge is -2.09. The van der Waals surface area contributed by atoms with Gasteiger partial charge in [-0.25, -0.2) is 4.79 Å². The van der Waals surface area contributed by atoms with Crippen molar-refractivity contribution < 1.29 is 23.7 Å². The molecule has 0 amide bonds. The van der Waals surface area contributed by atoms with E-state index in [0.717, 1.165) is 11.3 Å². The van der Waals surface area contributed by atoms with Crippen LogP contribution in [0.1, 0.15) is 28.4 Å². The van der Waals surface area contributed by atoms with Gasteiger partial charge in [-0.3, -0.25) is 0 Å². The van der Waals surface area contributed by atoms with Crippen LogP contribution in [0.2, 0.25) is 0 Å². The van der Waals surface area contributed by atoms with E-state index in [0.29, 0.717) is 23.5 Å². The van der Waals surface area contributed by atoms with E-state index in [-0.39, 0.29) is 6.79 Å². The van der Waals surface area contributed by atoms with Crippen molar-refractivity contribution in [2.24, 2.45) is 0 Å². The molecule has 0 fully saturated rings. The summed E-state index contributed by atoms with van der Waals surface area (Å²) in [5.41, 5.74) is 1.83. The van der Waals surface area contributed by atoms with Gasteiger partial charge in [-0.15, -0.1) is 0 Å². The molecule has 2 aromatic carbocycles. The van der Waals surface area contributed by atoms with Crippen molar-refractivity contribution in [1.82, 2.24) is 0 Å². The van der Waals surface area contributed by atoms with Crippen LogP contribution < -0.4 is 9.47 Å². The average molecular weight is 340 g/mol. The molecule has 0 heterocycles. The Morgan fingerprint density at radius 1 is 0.960 bits per heavy atom. The van der Waals surface area contributed by atoms with Gasteiger partial charge < -0.3 is 18.9 Å². The Morgan fingerprint density at radius 3 is 2.28 bits per heavy atom. The summed E-state index contributed by atoms with van der Waals surface area (Å²) >= 11 is 0. The lowest BCUT2D eigenvalue weighted by atomic mass is 10.1. The summed E-state index contributed by atoms with van der Waals surface area (Å²) in [6.07, 6.45) is 0. The molecule has 0 spiro atoms. The van der Waals surface area contributed by atoms with Crippen molar-refractivity contribution in [2.45, 2.75) is 6.92 Å². The van der Waals surface area contributed by atoms with E-state index in [9.17, 15) is 4.79 Å². The normalized spacial score (nSPS) is 9.72. The van der Waals surface area contributed by atoms with Crippen LogP contribution in [-0.2, 0) is 9.47 Å². The minimum absolute atomic E-state index is 0.0429. The number of hydrogen-bond donors (Lipinski definition) is 0. The van der Waals surface area contributed by atoms with Gasteiger partial charge in [-0.1, -0.05) is 11.8 Å². The number of hydrogen-bond acceptors (Lipinski definition) is 5. The van der Waals surface area contributed by atoms with E-state index < -0.39 is 5.97 Å². The molecule has 0 aliphatic carbocycles. The van der Waals surface area contributed by atoms with E-state index >= 15 is 0 Å². The summed E-state index contributed by atoms with van der Waals surface area (Å²) in [6, 6.07) is 12.6. The number of carbonyl (C=O) groups is 1. The zero-order valence-corrected chi connectivity index (χ0v) is 14.5. The third-order valence-electron chi connectivity index (χ3n) is 3.23. The fourth-order valence-electron chi connectivity index (χ4n) is 2.07. The van der Waals surface area contributed by atoms with Crippen LogP contribution in [0, 0.1) is 11.8 Å². The molecule has 0 aliphatic rings. The van der Waals surface area contributed by atoms with Gasteiger partial charge in [-0.05, 0) is 49.4 Å². The third-order valence-corrected chi connectivity index (χ3v) is 3.23. The molecule has 0 saturated carbocycles. The molecule has 130 valence electrons. The first-order valence-corrected chi connectivity index (χ1v) is 7.77. The van der Waals surface area contributed by atoms with Crippen LogP contribution in [-0.4, -0.2) is 33.6 Å². The molecule has 0 bridgehead atoms. The Morgan fingerprint density at radius 2 is 1.64 bits per heavy atom. The van der Waals surface area contributed by atoms with Crippen LogP contribution in [0.5, 0.6) is 11.5 Å². The quantitative estimate of drug-likeness (QED) is 0.459. The Labute approximate surface area is 147 Å². The molecule has 2 aromatic rings. The smallest absolute Gasteiger partial charge is 0.341 e. The second kappa shape index (κ2) is 9.36. The first-order chi connectivity index (χ1) is 12.2. The largest absolute Gasteiger partial charge is 0.494 e. The fourth-order valence-corrected chi connectivity index (χ4v) is 2.07. The van der Waals surface area contributed by atoms with Gasteiger partial charge in [0.15, 0.2) is 6.79 Å². The molecule has 0 atom stereocenters. The number of methoxy groups -OCH3 is 2. The summed E-state index contributed by atoms with van der Waals surface area (Å²) in [4.78, 5) is 11.9. The lowest BCUT2D eigenvalue weighted by Crippen LogP contribution is -2.07. The fraction of sp³-hybridized carbons (Fsp3) is 0.250. The molecular weight excluding hydrogens is 320 g/mol. The predicted octanol–water partition coefficient (Wildman–Crippen LogP) is 3.25. The van der Waals surface area contributed by atoms with Crippen molar-refractivity contribution in [1.29, 1.82) is 0 Å². The van der Waals surface area contributed by atoms with Gasteiger partial charge in [0, 0.05) is 18.2 Å². The summed E-state index contributed by atoms with van der Waals surface area (Å²) in [6.45, 7) is 2.60. The zero-order valence-electron chi connectivity index (χ0n) is 14.5. The molecule has 0 saturated heterocycles. The van der Waals surface area contributed by atoms with Crippen LogP contribution >= 0.6 is 0 Å². The summed E-state index contributed by atoms with van der Waals surface area (Å²) < 4.78 is 20.4. The molecule has 5 nitrogen and oxygen atoms in total. The van der Waals surface area contributed by atoms with Crippen molar-refractivity contribution in [3.05, 3.63) is 59.2 Å². The van der Waals surface area contributed by atoms with Gasteiger partial charge in [0.25, 0.3) is 0 Å². The highest BCUT2D eigenvalue weighted by molar-refractivity contribution is 5.92. The Kier molecular flexibility index (Phi) is 6.87. The maximum absolute atomic E-state index is 11.9.